The van der Waals surface area contributed by atoms with Crippen LogP contribution in [-0.4, -0.2) is 56.7 Å². The van der Waals surface area contributed by atoms with Crippen molar-refractivity contribution >= 4 is 30.0 Å². The van der Waals surface area contributed by atoms with Crippen LogP contribution in [0.4, 0.5) is 0 Å². The van der Waals surface area contributed by atoms with Gasteiger partial charge in [0.2, 0.25) is 5.91 Å². The van der Waals surface area contributed by atoms with Crippen LogP contribution in [0.2, 0.25) is 0 Å². The van der Waals surface area contributed by atoms with Crippen molar-refractivity contribution in [3.05, 3.63) is 112 Å². The van der Waals surface area contributed by atoms with Gasteiger partial charge in [-0.05, 0) is 80.7 Å². The van der Waals surface area contributed by atoms with Crippen LogP contribution in [0.25, 0.3) is 5.70 Å². The van der Waals surface area contributed by atoms with Crippen molar-refractivity contribution in [3.63, 3.8) is 0 Å². The van der Waals surface area contributed by atoms with Crippen molar-refractivity contribution < 1.29 is 33.8 Å². The average molecular weight is 760 g/mol. The summed E-state index contributed by atoms with van der Waals surface area (Å²) in [4.78, 5) is 44.1. The number of unbranched alkanes of at least 4 members (excludes halogenated alkanes) is 1. The van der Waals surface area contributed by atoms with Crippen LogP contribution in [0.5, 0.6) is 11.5 Å². The molecule has 12 heteroatoms. The molecular weight excluding hydrogens is 699 g/mol. The number of aldehydes is 2. The van der Waals surface area contributed by atoms with Crippen LogP contribution < -0.4 is 32.6 Å². The number of para-hydroxylation sites is 1. The second-order valence-corrected chi connectivity index (χ2v) is 12.7. The first kappa shape index (κ1) is 47.4. The minimum atomic E-state index is -0.0135. The number of hydrogen-bond acceptors (Lipinski definition) is 11. The zero-order valence-electron chi connectivity index (χ0n) is 33.1. The van der Waals surface area contributed by atoms with Crippen LogP contribution in [0, 0.1) is 5.92 Å². The number of phenols is 1. The van der Waals surface area contributed by atoms with Gasteiger partial charge in [-0.15, -0.1) is 0 Å². The van der Waals surface area contributed by atoms with E-state index in [1.807, 2.05) is 70.4 Å². The highest BCUT2D eigenvalue weighted by Gasteiger charge is 2.11. The molecule has 55 heavy (non-hydrogen) atoms. The lowest BCUT2D eigenvalue weighted by molar-refractivity contribution is -0.121. The van der Waals surface area contributed by atoms with Crippen molar-refractivity contribution in [2.24, 2.45) is 23.1 Å². The van der Waals surface area contributed by atoms with Gasteiger partial charge >= 0.3 is 0 Å². The number of carbonyl (C=O) groups is 4. The number of ketones is 1. The second kappa shape index (κ2) is 27.9. The summed E-state index contributed by atoms with van der Waals surface area (Å²) in [5, 5.41) is 15.7. The Balaban J connectivity index is 0.00000120. The number of ether oxygens (including phenoxy) is 2. The summed E-state index contributed by atoms with van der Waals surface area (Å²) in [6.07, 6.45) is 8.11. The molecule has 3 aromatic rings. The normalized spacial score (nSPS) is 11.0. The molecule has 0 aliphatic rings. The third kappa shape index (κ3) is 19.3. The van der Waals surface area contributed by atoms with E-state index in [1.165, 1.54) is 6.08 Å². The molecule has 0 saturated heterocycles. The summed E-state index contributed by atoms with van der Waals surface area (Å²) < 4.78 is 11.6. The van der Waals surface area contributed by atoms with Gasteiger partial charge in [0.25, 0.3) is 0 Å². The third-order valence-electron chi connectivity index (χ3n) is 8.07. The predicted octanol–water partition coefficient (Wildman–Crippen LogP) is 5.69. The minimum absolute atomic E-state index is 0.0117. The second-order valence-electron chi connectivity index (χ2n) is 12.7. The van der Waals surface area contributed by atoms with Gasteiger partial charge in [-0.1, -0.05) is 63.2 Å². The fourth-order valence-electron chi connectivity index (χ4n) is 4.92. The minimum Gasteiger partial charge on any atom is -0.507 e. The maximum absolute atomic E-state index is 12.3. The zero-order chi connectivity index (χ0) is 41.0. The molecule has 0 heterocycles. The molecule has 3 aromatic carbocycles. The molecule has 0 saturated carbocycles. The number of hydrogen-bond donors (Lipinski definition) is 6. The van der Waals surface area contributed by atoms with E-state index in [4.69, 9.17) is 26.7 Å². The SMILES string of the molecule is CC(C=O)CCC=O.CCC(=O)c1cc(OCCCCC(=O)NCc2ccc(CCOC(/C=C(\N)c3ccccc3O)=C(N)N)cc2)ccc1CC.CNC. The molecule has 0 bridgehead atoms. The first-order valence-corrected chi connectivity index (χ1v) is 18.7. The number of aryl methyl sites for hydroxylation is 1. The molecule has 1 amide bonds. The third-order valence-corrected chi connectivity index (χ3v) is 8.07. The van der Waals surface area contributed by atoms with Crippen LogP contribution >= 0.6 is 0 Å². The van der Waals surface area contributed by atoms with Gasteiger partial charge in [0.15, 0.2) is 11.5 Å². The number of rotatable bonds is 21. The fraction of sp³-hybridized carbons (Fsp3) is 0.395. The first-order valence-electron chi connectivity index (χ1n) is 18.7. The Labute approximate surface area is 326 Å². The highest BCUT2D eigenvalue weighted by molar-refractivity contribution is 5.97. The van der Waals surface area contributed by atoms with Gasteiger partial charge in [0.1, 0.15) is 29.9 Å². The Hall–Kier alpha value is -5.62. The Morgan fingerprint density at radius 2 is 1.56 bits per heavy atom. The number of phenolic OH excluding ortho intramolecular Hbond substituents is 1. The number of benzene rings is 3. The van der Waals surface area contributed by atoms with Gasteiger partial charge < -0.3 is 52.0 Å². The van der Waals surface area contributed by atoms with Gasteiger partial charge in [0.05, 0.1) is 13.2 Å². The van der Waals surface area contributed by atoms with Crippen molar-refractivity contribution in [1.82, 2.24) is 10.6 Å². The Morgan fingerprint density at radius 3 is 2.16 bits per heavy atom. The van der Waals surface area contributed by atoms with Crippen LogP contribution in [0.3, 0.4) is 0 Å². The number of carbonyl (C=O) groups excluding carboxylic acids is 4. The summed E-state index contributed by atoms with van der Waals surface area (Å²) in [5.74, 6) is 1.11. The lowest BCUT2D eigenvalue weighted by Crippen LogP contribution is -2.22. The summed E-state index contributed by atoms with van der Waals surface area (Å²) in [6.45, 7) is 6.94. The lowest BCUT2D eigenvalue weighted by Gasteiger charge is -2.11. The van der Waals surface area contributed by atoms with Crippen LogP contribution in [0.1, 0.15) is 91.9 Å². The number of nitrogens with one attached hydrogen (secondary N) is 2. The average Bonchev–Trinajstić information content (AvgIpc) is 3.19. The maximum Gasteiger partial charge on any atom is 0.220 e. The van der Waals surface area contributed by atoms with E-state index in [1.54, 1.807) is 31.2 Å². The van der Waals surface area contributed by atoms with Gasteiger partial charge in [-0.2, -0.15) is 0 Å². The highest BCUT2D eigenvalue weighted by Crippen LogP contribution is 2.23. The molecule has 0 aromatic heterocycles. The molecule has 0 aliphatic heterocycles. The number of allylic oxidation sites excluding steroid dienone is 1. The fourth-order valence-corrected chi connectivity index (χ4v) is 4.92. The van der Waals surface area contributed by atoms with Crippen molar-refractivity contribution in [2.45, 2.75) is 78.7 Å². The van der Waals surface area contributed by atoms with E-state index in [-0.39, 0.29) is 40.6 Å². The molecule has 9 N–H and O–H groups in total. The Morgan fingerprint density at radius 1 is 0.891 bits per heavy atom. The first-order chi connectivity index (χ1) is 26.4. The van der Waals surface area contributed by atoms with E-state index in [9.17, 15) is 24.3 Å². The van der Waals surface area contributed by atoms with E-state index in [0.717, 1.165) is 47.7 Å². The highest BCUT2D eigenvalue weighted by atomic mass is 16.5. The summed E-state index contributed by atoms with van der Waals surface area (Å²) >= 11 is 0. The quantitative estimate of drug-likeness (QED) is 0.0255. The molecular formula is C43H61N5O7. The molecule has 300 valence electrons. The smallest absolute Gasteiger partial charge is 0.220 e. The molecule has 12 nitrogen and oxygen atoms in total. The number of nitrogens with two attached hydrogens (primary N) is 3. The molecule has 0 spiro atoms. The largest absolute Gasteiger partial charge is 0.507 e. The van der Waals surface area contributed by atoms with Gasteiger partial charge in [-0.25, -0.2) is 0 Å². The van der Waals surface area contributed by atoms with E-state index < -0.39 is 0 Å². The van der Waals surface area contributed by atoms with E-state index in [2.05, 4.69) is 10.6 Å². The van der Waals surface area contributed by atoms with Crippen LogP contribution in [0.15, 0.2) is 84.4 Å². The standard InChI is InChI=1S/C35H44N4O5.C6H10O2.C2H7N/c1-3-26-16-17-27(21-29(26)31(40)4-2)43-19-8-7-11-34(42)39-23-25-14-12-24(13-15-25)18-20-44-33(35(37)38)22-30(36)28-9-5-6-10-32(28)41;1-6(5-8)3-2-4-7;1-3-2/h5-6,9-10,12-17,21-22,41H,3-4,7-8,11,18-20,23,36-38H2,1-2H3,(H,39,42);4-6H,2-3H2,1H3;3H,1-2H3/b30-22-;;. The lowest BCUT2D eigenvalue weighted by atomic mass is 10.00. The Bertz CT molecular complexity index is 1670. The number of aromatic hydroxyl groups is 1. The van der Waals surface area contributed by atoms with Crippen molar-refractivity contribution in [1.29, 1.82) is 0 Å². The van der Waals surface area contributed by atoms with Gasteiger partial charge in [0, 0.05) is 61.0 Å². The van der Waals surface area contributed by atoms with Crippen LogP contribution in [-0.2, 0) is 38.5 Å². The van der Waals surface area contributed by atoms with Crippen molar-refractivity contribution in [3.8, 4) is 11.5 Å². The van der Waals surface area contributed by atoms with E-state index >= 15 is 0 Å². The Kier molecular flexibility index (Phi) is 24.1. The zero-order valence-corrected chi connectivity index (χ0v) is 33.1. The molecule has 1 atom stereocenters. The molecule has 1 unspecified atom stereocenters. The number of Topliss-reactive ketones (excluding diaryl/α,β-unsaturated/α-hetero) is 1. The monoisotopic (exact) mass is 759 g/mol. The molecule has 0 fully saturated rings. The number of amides is 1. The van der Waals surface area contributed by atoms with E-state index in [0.29, 0.717) is 69.6 Å². The summed E-state index contributed by atoms with van der Waals surface area (Å²) in [7, 11) is 3.75. The maximum atomic E-state index is 12.3. The van der Waals surface area contributed by atoms with Crippen molar-refractivity contribution in [2.75, 3.05) is 27.3 Å². The molecule has 0 radical (unpaired) electrons. The summed E-state index contributed by atoms with van der Waals surface area (Å²) in [5.41, 5.74) is 22.2. The molecule has 0 aliphatic carbocycles. The van der Waals surface area contributed by atoms with Gasteiger partial charge in [-0.3, -0.25) is 9.59 Å². The molecule has 3 rings (SSSR count). The summed E-state index contributed by atoms with van der Waals surface area (Å²) in [6, 6.07) is 20.3. The predicted molar refractivity (Wildman–Crippen MR) is 219 cm³/mol. The topological polar surface area (TPSA) is 209 Å².